The first-order valence-corrected chi connectivity index (χ1v) is 11.0. The fraction of sp³-hybridized carbons (Fsp3) is 0.391. The number of nitrogens with zero attached hydrogens (tertiary/aromatic N) is 5. The summed E-state index contributed by atoms with van der Waals surface area (Å²) in [5.74, 6) is 1.56. The number of ether oxygens (including phenoxy) is 2. The number of aromatic nitrogens is 5. The molecule has 4 aromatic heterocycles. The zero-order valence-electron chi connectivity index (χ0n) is 18.2. The van der Waals surface area contributed by atoms with E-state index in [0.717, 1.165) is 65.2 Å². The number of rotatable bonds is 6. The van der Waals surface area contributed by atoms with Gasteiger partial charge in [-0.25, -0.2) is 9.50 Å². The average molecular weight is 435 g/mol. The summed E-state index contributed by atoms with van der Waals surface area (Å²) in [5.41, 5.74) is 3.65. The van der Waals surface area contributed by atoms with Crippen molar-refractivity contribution < 1.29 is 14.3 Å². The quantitative estimate of drug-likeness (QED) is 0.464. The van der Waals surface area contributed by atoms with E-state index in [0.29, 0.717) is 13.2 Å². The van der Waals surface area contributed by atoms with Crippen molar-refractivity contribution in [1.29, 1.82) is 0 Å². The monoisotopic (exact) mass is 434 g/mol. The number of hydrogen-bond acceptors (Lipinski definition) is 7. The molecule has 0 bridgehead atoms. The highest BCUT2D eigenvalue weighted by molar-refractivity contribution is 6.00. The maximum atomic E-state index is 12.0. The summed E-state index contributed by atoms with van der Waals surface area (Å²) < 4.78 is 12.8. The van der Waals surface area contributed by atoms with Crippen LogP contribution in [0.2, 0.25) is 0 Å². The number of carbonyl (C=O) groups is 1. The fourth-order valence-corrected chi connectivity index (χ4v) is 4.34. The number of nitrogens with one attached hydrogen (secondary N) is 1. The molecule has 0 atom stereocenters. The van der Waals surface area contributed by atoms with Crippen molar-refractivity contribution in [1.82, 2.24) is 24.8 Å². The van der Waals surface area contributed by atoms with E-state index >= 15 is 0 Å². The molecule has 1 N–H and O–H groups in total. The predicted octanol–water partition coefficient (Wildman–Crippen LogP) is 3.45. The van der Waals surface area contributed by atoms with E-state index in [1.165, 1.54) is 0 Å². The molecule has 0 aromatic carbocycles. The lowest BCUT2D eigenvalue weighted by molar-refractivity contribution is -0.148. The van der Waals surface area contributed by atoms with Crippen molar-refractivity contribution in [2.45, 2.75) is 26.7 Å². The Balaban J connectivity index is 1.42. The third-order valence-electron chi connectivity index (χ3n) is 5.91. The van der Waals surface area contributed by atoms with Gasteiger partial charge in [0, 0.05) is 30.4 Å². The number of anilines is 1. The molecule has 0 unspecified atom stereocenters. The van der Waals surface area contributed by atoms with Crippen LogP contribution in [0.25, 0.3) is 27.7 Å². The van der Waals surface area contributed by atoms with E-state index in [1.807, 2.05) is 42.9 Å². The summed E-state index contributed by atoms with van der Waals surface area (Å²) in [6.07, 6.45) is 7.13. The molecule has 0 radical (unpaired) electrons. The fourth-order valence-electron chi connectivity index (χ4n) is 4.34. The van der Waals surface area contributed by atoms with Gasteiger partial charge in [-0.2, -0.15) is 5.10 Å². The highest BCUT2D eigenvalue weighted by Gasteiger charge is 2.26. The largest absolute Gasteiger partial charge is 0.492 e. The van der Waals surface area contributed by atoms with Crippen molar-refractivity contribution in [3.8, 4) is 16.9 Å². The van der Waals surface area contributed by atoms with Crippen LogP contribution < -0.4 is 9.64 Å². The number of pyridine rings is 2. The zero-order chi connectivity index (χ0) is 22.1. The summed E-state index contributed by atoms with van der Waals surface area (Å²) >= 11 is 0. The van der Waals surface area contributed by atoms with Crippen LogP contribution >= 0.6 is 0 Å². The molecule has 0 aliphatic carbocycles. The highest BCUT2D eigenvalue weighted by atomic mass is 16.5. The van der Waals surface area contributed by atoms with Gasteiger partial charge in [0.1, 0.15) is 11.6 Å². The minimum atomic E-state index is -0.0833. The number of esters is 1. The van der Waals surface area contributed by atoms with Gasteiger partial charge < -0.3 is 14.4 Å². The van der Waals surface area contributed by atoms with Crippen LogP contribution in [0, 0.1) is 5.92 Å². The molecule has 32 heavy (non-hydrogen) atoms. The molecule has 9 nitrogen and oxygen atoms in total. The van der Waals surface area contributed by atoms with Gasteiger partial charge in [0.05, 0.1) is 42.4 Å². The van der Waals surface area contributed by atoms with Gasteiger partial charge in [-0.05, 0) is 44.9 Å². The van der Waals surface area contributed by atoms with Crippen LogP contribution in [0.15, 0.2) is 36.8 Å². The summed E-state index contributed by atoms with van der Waals surface area (Å²) in [4.78, 5) is 19.0. The van der Waals surface area contributed by atoms with Crippen molar-refractivity contribution in [3.05, 3.63) is 36.8 Å². The number of aromatic amines is 1. The molecule has 0 spiro atoms. The van der Waals surface area contributed by atoms with Crippen LogP contribution in [0.5, 0.6) is 5.75 Å². The van der Waals surface area contributed by atoms with E-state index in [1.54, 1.807) is 6.20 Å². The Morgan fingerprint density at radius 1 is 1.19 bits per heavy atom. The molecule has 9 heteroatoms. The second-order valence-electron chi connectivity index (χ2n) is 7.87. The van der Waals surface area contributed by atoms with E-state index < -0.39 is 0 Å². The Morgan fingerprint density at radius 3 is 2.75 bits per heavy atom. The molecule has 1 aliphatic rings. The van der Waals surface area contributed by atoms with E-state index in [-0.39, 0.29) is 11.9 Å². The van der Waals surface area contributed by atoms with Crippen molar-refractivity contribution in [2.24, 2.45) is 5.92 Å². The maximum Gasteiger partial charge on any atom is 0.309 e. The van der Waals surface area contributed by atoms with Crippen molar-refractivity contribution in [3.63, 3.8) is 0 Å². The summed E-state index contributed by atoms with van der Waals surface area (Å²) in [6.45, 7) is 6.39. The third kappa shape index (κ3) is 3.63. The lowest BCUT2D eigenvalue weighted by Crippen LogP contribution is -2.37. The molecule has 1 fully saturated rings. The van der Waals surface area contributed by atoms with Gasteiger partial charge >= 0.3 is 5.97 Å². The van der Waals surface area contributed by atoms with Gasteiger partial charge in [-0.15, -0.1) is 5.10 Å². The number of hydrogen-bond donors (Lipinski definition) is 1. The molecule has 0 amide bonds. The minimum Gasteiger partial charge on any atom is -0.492 e. The predicted molar refractivity (Wildman–Crippen MR) is 121 cm³/mol. The van der Waals surface area contributed by atoms with Crippen LogP contribution in [-0.2, 0) is 9.53 Å². The average Bonchev–Trinajstić information content (AvgIpc) is 3.40. The first kappa shape index (κ1) is 20.3. The minimum absolute atomic E-state index is 0.0145. The Morgan fingerprint density at radius 2 is 2.03 bits per heavy atom. The van der Waals surface area contributed by atoms with Crippen LogP contribution in [-0.4, -0.2) is 57.1 Å². The van der Waals surface area contributed by atoms with Gasteiger partial charge in [0.2, 0.25) is 0 Å². The third-order valence-corrected chi connectivity index (χ3v) is 5.91. The number of H-pyrrole nitrogens is 1. The lowest BCUT2D eigenvalue weighted by Gasteiger charge is -2.31. The highest BCUT2D eigenvalue weighted by Crippen LogP contribution is 2.33. The van der Waals surface area contributed by atoms with Gasteiger partial charge in [-0.1, -0.05) is 0 Å². The van der Waals surface area contributed by atoms with Crippen molar-refractivity contribution >= 4 is 28.3 Å². The smallest absolute Gasteiger partial charge is 0.309 e. The number of carbonyl (C=O) groups excluding carboxylic acids is 1. The topological polar surface area (TPSA) is 97.6 Å². The van der Waals surface area contributed by atoms with Gasteiger partial charge in [0.15, 0.2) is 5.65 Å². The van der Waals surface area contributed by atoms with Crippen molar-refractivity contribution in [2.75, 3.05) is 31.2 Å². The van der Waals surface area contributed by atoms with Gasteiger partial charge in [-0.3, -0.25) is 9.89 Å². The van der Waals surface area contributed by atoms with Crippen LogP contribution in [0.1, 0.15) is 26.7 Å². The van der Waals surface area contributed by atoms with Crippen LogP contribution in [0.4, 0.5) is 5.82 Å². The first-order valence-electron chi connectivity index (χ1n) is 11.0. The Hall–Kier alpha value is -3.62. The first-order chi connectivity index (χ1) is 15.7. The van der Waals surface area contributed by atoms with Gasteiger partial charge in [0.25, 0.3) is 0 Å². The van der Waals surface area contributed by atoms with E-state index in [4.69, 9.17) is 14.5 Å². The Bertz CT molecular complexity index is 1240. The zero-order valence-corrected chi connectivity index (χ0v) is 18.2. The summed E-state index contributed by atoms with van der Waals surface area (Å²) in [6, 6.07) is 6.13. The molecule has 5 heterocycles. The number of piperidine rings is 1. The molecule has 1 saturated heterocycles. The SMILES string of the molecule is CCOC(=O)C1CCN(c2ccc(-c3cc(OCC)cn4nc5[nH]ncc5c34)cn2)CC1. The molecular weight excluding hydrogens is 408 g/mol. The molecule has 1 aliphatic heterocycles. The van der Waals surface area contributed by atoms with Crippen LogP contribution in [0.3, 0.4) is 0 Å². The Kier molecular flexibility index (Phi) is 5.38. The van der Waals surface area contributed by atoms with E-state index in [9.17, 15) is 4.79 Å². The standard InChI is InChI=1S/C23H26N6O3/c1-3-31-17-11-18(21-19-13-25-26-22(19)27-29(21)14-17)16-5-6-20(24-12-16)28-9-7-15(8-10-28)23(30)32-4-2/h5-6,11-15H,3-4,7-10H2,1-2H3,(H,26,27). The molecule has 166 valence electrons. The second-order valence-corrected chi connectivity index (χ2v) is 7.87. The number of fused-ring (bicyclic) bond motifs is 3. The molecule has 0 saturated carbocycles. The molecule has 5 rings (SSSR count). The summed E-state index contributed by atoms with van der Waals surface area (Å²) in [5, 5.41) is 12.6. The maximum absolute atomic E-state index is 12.0. The molecular formula is C23H26N6O3. The Labute approximate surface area is 185 Å². The summed E-state index contributed by atoms with van der Waals surface area (Å²) in [7, 11) is 0. The normalized spacial score (nSPS) is 14.9. The van der Waals surface area contributed by atoms with E-state index in [2.05, 4.69) is 26.3 Å². The molecule has 4 aromatic rings. The lowest BCUT2D eigenvalue weighted by atomic mass is 9.97. The second kappa shape index (κ2) is 8.49.